The SMILES string of the molecule is Cc1cc(C(=O)OC(C)C(=O)Nc2cc(Cl)c(Cl)cc2Cl)c2cnn(C(C)C)c2n1. The van der Waals surface area contributed by atoms with Crippen molar-refractivity contribution in [3.8, 4) is 0 Å². The Hall–Kier alpha value is -2.35. The van der Waals surface area contributed by atoms with Crippen molar-refractivity contribution in [3.63, 3.8) is 0 Å². The second-order valence-electron chi connectivity index (χ2n) is 7.01. The number of fused-ring (bicyclic) bond motifs is 1. The molecule has 10 heteroatoms. The molecule has 158 valence electrons. The number of rotatable bonds is 5. The van der Waals surface area contributed by atoms with E-state index in [1.54, 1.807) is 23.9 Å². The van der Waals surface area contributed by atoms with E-state index in [1.807, 2.05) is 13.8 Å². The fourth-order valence-corrected chi connectivity index (χ4v) is 3.41. The van der Waals surface area contributed by atoms with Crippen molar-refractivity contribution in [3.05, 3.63) is 50.7 Å². The van der Waals surface area contributed by atoms with E-state index >= 15 is 0 Å². The number of hydrogen-bond acceptors (Lipinski definition) is 5. The van der Waals surface area contributed by atoms with Gasteiger partial charge in [-0.25, -0.2) is 14.5 Å². The highest BCUT2D eigenvalue weighted by Gasteiger charge is 2.23. The maximum atomic E-state index is 12.8. The Bertz CT molecular complexity index is 1140. The number of benzene rings is 1. The molecule has 0 saturated heterocycles. The summed E-state index contributed by atoms with van der Waals surface area (Å²) in [6, 6.07) is 4.52. The van der Waals surface area contributed by atoms with Crippen molar-refractivity contribution in [2.24, 2.45) is 0 Å². The standard InChI is InChI=1S/C20H19Cl3N4O3/c1-9(2)27-18-13(8-24-27)12(5-10(3)25-18)20(29)30-11(4)19(28)26-17-7-15(22)14(21)6-16(17)23/h5-9,11H,1-4H3,(H,26,28). The molecule has 0 bridgehead atoms. The van der Waals surface area contributed by atoms with Gasteiger partial charge in [0.05, 0.1) is 37.9 Å². The average Bonchev–Trinajstić information content (AvgIpc) is 3.09. The van der Waals surface area contributed by atoms with Gasteiger partial charge in [-0.1, -0.05) is 34.8 Å². The monoisotopic (exact) mass is 468 g/mol. The maximum absolute atomic E-state index is 12.8. The molecule has 2 heterocycles. The minimum Gasteiger partial charge on any atom is -0.449 e. The van der Waals surface area contributed by atoms with Crippen LogP contribution in [0.3, 0.4) is 0 Å². The molecule has 0 radical (unpaired) electrons. The predicted molar refractivity (Wildman–Crippen MR) is 118 cm³/mol. The molecule has 3 rings (SSSR count). The zero-order valence-corrected chi connectivity index (χ0v) is 18.9. The molecule has 3 aromatic rings. The molecule has 1 atom stereocenters. The maximum Gasteiger partial charge on any atom is 0.339 e. The van der Waals surface area contributed by atoms with E-state index in [0.29, 0.717) is 16.7 Å². The molecule has 1 N–H and O–H groups in total. The molecule has 0 saturated carbocycles. The third kappa shape index (κ3) is 4.53. The lowest BCUT2D eigenvalue weighted by atomic mass is 10.1. The second-order valence-corrected chi connectivity index (χ2v) is 8.24. The van der Waals surface area contributed by atoms with Crippen LogP contribution in [0.25, 0.3) is 11.0 Å². The van der Waals surface area contributed by atoms with Crippen molar-refractivity contribution in [1.82, 2.24) is 14.8 Å². The van der Waals surface area contributed by atoms with Crippen LogP contribution < -0.4 is 5.32 Å². The summed E-state index contributed by atoms with van der Waals surface area (Å²) >= 11 is 17.9. The Balaban J connectivity index is 1.80. The van der Waals surface area contributed by atoms with Crippen LogP contribution in [0.15, 0.2) is 24.4 Å². The minimum absolute atomic E-state index is 0.0707. The van der Waals surface area contributed by atoms with E-state index in [1.165, 1.54) is 19.1 Å². The summed E-state index contributed by atoms with van der Waals surface area (Å²) in [5.74, 6) is -1.22. The van der Waals surface area contributed by atoms with Gasteiger partial charge in [-0.2, -0.15) is 5.10 Å². The van der Waals surface area contributed by atoms with Gasteiger partial charge in [-0.05, 0) is 45.9 Å². The van der Waals surface area contributed by atoms with Crippen LogP contribution in [-0.4, -0.2) is 32.7 Å². The molecule has 0 aliphatic rings. The molecule has 0 fully saturated rings. The molecule has 1 unspecified atom stereocenters. The fourth-order valence-electron chi connectivity index (χ4n) is 2.82. The Morgan fingerprint density at radius 1 is 1.07 bits per heavy atom. The van der Waals surface area contributed by atoms with Crippen molar-refractivity contribution in [2.45, 2.75) is 39.8 Å². The number of nitrogens with zero attached hydrogens (tertiary/aromatic N) is 3. The first-order chi connectivity index (χ1) is 14.1. The van der Waals surface area contributed by atoms with Gasteiger partial charge < -0.3 is 10.1 Å². The fraction of sp³-hybridized carbons (Fsp3) is 0.300. The van der Waals surface area contributed by atoms with Crippen LogP contribution >= 0.6 is 34.8 Å². The molecule has 2 aromatic heterocycles. The second kappa shape index (κ2) is 8.79. The summed E-state index contributed by atoms with van der Waals surface area (Å²) in [4.78, 5) is 29.8. The van der Waals surface area contributed by atoms with E-state index in [-0.39, 0.29) is 32.4 Å². The Labute approximate surface area is 188 Å². The minimum atomic E-state index is -1.09. The van der Waals surface area contributed by atoms with Crippen LogP contribution in [0, 0.1) is 6.92 Å². The van der Waals surface area contributed by atoms with E-state index < -0.39 is 18.0 Å². The lowest BCUT2D eigenvalue weighted by molar-refractivity contribution is -0.123. The summed E-state index contributed by atoms with van der Waals surface area (Å²) in [7, 11) is 0. The number of anilines is 1. The summed E-state index contributed by atoms with van der Waals surface area (Å²) in [6.07, 6.45) is 0.477. The van der Waals surface area contributed by atoms with Crippen molar-refractivity contribution < 1.29 is 14.3 Å². The van der Waals surface area contributed by atoms with E-state index in [0.717, 1.165) is 0 Å². The van der Waals surface area contributed by atoms with Crippen LogP contribution in [0.1, 0.15) is 42.9 Å². The van der Waals surface area contributed by atoms with Crippen LogP contribution in [0.2, 0.25) is 15.1 Å². The Kier molecular flexibility index (Phi) is 6.55. The van der Waals surface area contributed by atoms with E-state index in [2.05, 4.69) is 15.4 Å². The van der Waals surface area contributed by atoms with Gasteiger partial charge in [0, 0.05) is 11.7 Å². The number of aryl methyl sites for hydroxylation is 1. The number of carbonyl (C=O) groups is 2. The number of pyridine rings is 1. The van der Waals surface area contributed by atoms with Gasteiger partial charge in [-0.15, -0.1) is 0 Å². The quantitative estimate of drug-likeness (QED) is 0.396. The third-order valence-corrected chi connectivity index (χ3v) is 5.36. The first-order valence-electron chi connectivity index (χ1n) is 9.09. The van der Waals surface area contributed by atoms with Crippen LogP contribution in [0.5, 0.6) is 0 Å². The van der Waals surface area contributed by atoms with Crippen LogP contribution in [-0.2, 0) is 9.53 Å². The number of carbonyl (C=O) groups excluding carboxylic acids is 2. The van der Waals surface area contributed by atoms with Gasteiger partial charge in [0.25, 0.3) is 5.91 Å². The van der Waals surface area contributed by atoms with Gasteiger partial charge in [0.2, 0.25) is 0 Å². The first kappa shape index (κ1) is 22.3. The largest absolute Gasteiger partial charge is 0.449 e. The van der Waals surface area contributed by atoms with Crippen molar-refractivity contribution >= 4 is 63.4 Å². The predicted octanol–water partition coefficient (Wildman–Crippen LogP) is 5.46. The van der Waals surface area contributed by atoms with Crippen LogP contribution in [0.4, 0.5) is 5.69 Å². The lowest BCUT2D eigenvalue weighted by Crippen LogP contribution is -2.30. The Morgan fingerprint density at radius 3 is 2.40 bits per heavy atom. The number of nitrogens with one attached hydrogen (secondary N) is 1. The number of amides is 1. The van der Waals surface area contributed by atoms with Crippen molar-refractivity contribution in [2.75, 3.05) is 5.32 Å². The molecule has 1 aromatic carbocycles. The number of aromatic nitrogens is 3. The molecule has 0 aliphatic heterocycles. The molecule has 0 spiro atoms. The first-order valence-corrected chi connectivity index (χ1v) is 10.2. The number of ether oxygens (including phenoxy) is 1. The summed E-state index contributed by atoms with van der Waals surface area (Å²) in [5.41, 5.74) is 1.77. The van der Waals surface area contributed by atoms with Gasteiger partial charge in [0.1, 0.15) is 0 Å². The van der Waals surface area contributed by atoms with E-state index in [9.17, 15) is 9.59 Å². The molecular formula is C20H19Cl3N4O3. The molecule has 30 heavy (non-hydrogen) atoms. The smallest absolute Gasteiger partial charge is 0.339 e. The Morgan fingerprint density at radius 2 is 1.73 bits per heavy atom. The highest BCUT2D eigenvalue weighted by atomic mass is 35.5. The zero-order chi connectivity index (χ0) is 22.2. The summed E-state index contributed by atoms with van der Waals surface area (Å²) in [5, 5.41) is 8.15. The number of halogens is 3. The molecule has 7 nitrogen and oxygen atoms in total. The van der Waals surface area contributed by atoms with Gasteiger partial charge in [-0.3, -0.25) is 4.79 Å². The zero-order valence-electron chi connectivity index (χ0n) is 16.7. The van der Waals surface area contributed by atoms with Gasteiger partial charge >= 0.3 is 5.97 Å². The van der Waals surface area contributed by atoms with E-state index in [4.69, 9.17) is 39.5 Å². The molecular weight excluding hydrogens is 451 g/mol. The highest BCUT2D eigenvalue weighted by molar-refractivity contribution is 6.44. The molecule has 0 aliphatic carbocycles. The average molecular weight is 470 g/mol. The number of hydrogen-bond donors (Lipinski definition) is 1. The third-order valence-electron chi connectivity index (χ3n) is 4.32. The lowest BCUT2D eigenvalue weighted by Gasteiger charge is -2.15. The number of esters is 1. The molecule has 1 amide bonds. The summed E-state index contributed by atoms with van der Waals surface area (Å²) < 4.78 is 7.10. The van der Waals surface area contributed by atoms with Crippen molar-refractivity contribution in [1.29, 1.82) is 0 Å². The highest BCUT2D eigenvalue weighted by Crippen LogP contribution is 2.32. The van der Waals surface area contributed by atoms with Gasteiger partial charge in [0.15, 0.2) is 11.8 Å². The summed E-state index contributed by atoms with van der Waals surface area (Å²) in [6.45, 7) is 7.17. The normalized spacial score (nSPS) is 12.3. The topological polar surface area (TPSA) is 86.1 Å².